The molecule has 1 aromatic carbocycles. The summed E-state index contributed by atoms with van der Waals surface area (Å²) in [5, 5.41) is 8.63. The Bertz CT molecular complexity index is 294. The summed E-state index contributed by atoms with van der Waals surface area (Å²) in [7, 11) is 0. The van der Waals surface area contributed by atoms with Crippen LogP contribution in [-0.2, 0) is 0 Å². The standard InChI is InChI=1S/C8H8O2S/c1-5-4-6(11)2-3-7(5)8(9)10/h2-4,11H,1H3,(H,9,10). The van der Waals surface area contributed by atoms with Crippen LogP contribution in [0.5, 0.6) is 0 Å². The van der Waals surface area contributed by atoms with Crippen molar-refractivity contribution in [3.8, 4) is 0 Å². The average molecular weight is 168 g/mol. The Balaban J connectivity index is 3.20. The highest BCUT2D eigenvalue weighted by molar-refractivity contribution is 7.80. The van der Waals surface area contributed by atoms with Gasteiger partial charge in [0.05, 0.1) is 5.56 Å². The van der Waals surface area contributed by atoms with Crippen LogP contribution in [0.15, 0.2) is 23.1 Å². The van der Waals surface area contributed by atoms with E-state index < -0.39 is 5.97 Å². The first kappa shape index (κ1) is 8.14. The molecular weight excluding hydrogens is 160 g/mol. The number of hydrogen-bond acceptors (Lipinski definition) is 2. The first-order valence-electron chi connectivity index (χ1n) is 3.14. The molecule has 1 aromatic rings. The Hall–Kier alpha value is -0.960. The second-order valence-electron chi connectivity index (χ2n) is 2.30. The van der Waals surface area contributed by atoms with Crippen molar-refractivity contribution in [2.75, 3.05) is 0 Å². The van der Waals surface area contributed by atoms with Crippen molar-refractivity contribution in [1.29, 1.82) is 0 Å². The number of aryl methyl sites for hydroxylation is 1. The van der Waals surface area contributed by atoms with E-state index in [1.54, 1.807) is 25.1 Å². The lowest BCUT2D eigenvalue weighted by molar-refractivity contribution is 0.0696. The van der Waals surface area contributed by atoms with Crippen LogP contribution in [0.1, 0.15) is 15.9 Å². The van der Waals surface area contributed by atoms with E-state index >= 15 is 0 Å². The molecule has 0 unspecified atom stereocenters. The molecule has 0 aliphatic heterocycles. The van der Waals surface area contributed by atoms with Gasteiger partial charge in [0.25, 0.3) is 0 Å². The normalized spacial score (nSPS) is 9.64. The molecule has 0 aromatic heterocycles. The Kier molecular flexibility index (Phi) is 2.19. The van der Waals surface area contributed by atoms with E-state index in [2.05, 4.69) is 12.6 Å². The lowest BCUT2D eigenvalue weighted by atomic mass is 10.1. The molecule has 0 amide bonds. The number of hydrogen-bond donors (Lipinski definition) is 2. The van der Waals surface area contributed by atoms with Gasteiger partial charge in [-0.15, -0.1) is 12.6 Å². The maximum Gasteiger partial charge on any atom is 0.335 e. The predicted molar refractivity (Wildman–Crippen MR) is 45.4 cm³/mol. The van der Waals surface area contributed by atoms with Gasteiger partial charge < -0.3 is 5.11 Å². The summed E-state index contributed by atoms with van der Waals surface area (Å²) in [4.78, 5) is 11.3. The second kappa shape index (κ2) is 2.96. The minimum atomic E-state index is -0.893. The molecule has 2 nitrogen and oxygen atoms in total. The third-order valence-corrected chi connectivity index (χ3v) is 1.72. The molecular formula is C8H8O2S. The molecule has 0 atom stereocenters. The van der Waals surface area contributed by atoms with Crippen molar-refractivity contribution in [1.82, 2.24) is 0 Å². The van der Waals surface area contributed by atoms with E-state index in [1.807, 2.05) is 0 Å². The molecule has 0 saturated carbocycles. The summed E-state index contributed by atoms with van der Waals surface area (Å²) in [5.74, 6) is -0.893. The fourth-order valence-corrected chi connectivity index (χ4v) is 1.16. The first-order valence-corrected chi connectivity index (χ1v) is 3.59. The van der Waals surface area contributed by atoms with Gasteiger partial charge in [-0.1, -0.05) is 0 Å². The zero-order valence-corrected chi connectivity index (χ0v) is 6.93. The largest absolute Gasteiger partial charge is 0.478 e. The van der Waals surface area contributed by atoms with Gasteiger partial charge in [0, 0.05) is 4.90 Å². The maximum absolute atomic E-state index is 10.5. The SMILES string of the molecule is Cc1cc(S)ccc1C(=O)O. The minimum Gasteiger partial charge on any atom is -0.478 e. The molecule has 0 bridgehead atoms. The van der Waals surface area contributed by atoms with Crippen LogP contribution in [0.2, 0.25) is 0 Å². The third kappa shape index (κ3) is 1.74. The van der Waals surface area contributed by atoms with E-state index in [-0.39, 0.29) is 0 Å². The van der Waals surface area contributed by atoms with E-state index in [1.165, 1.54) is 0 Å². The van der Waals surface area contributed by atoms with Gasteiger partial charge in [-0.3, -0.25) is 0 Å². The molecule has 58 valence electrons. The lowest BCUT2D eigenvalue weighted by Gasteiger charge is -1.99. The van der Waals surface area contributed by atoms with Crippen molar-refractivity contribution in [3.05, 3.63) is 29.3 Å². The first-order chi connectivity index (χ1) is 5.11. The molecule has 0 fully saturated rings. The smallest absolute Gasteiger partial charge is 0.335 e. The van der Waals surface area contributed by atoms with Crippen LogP contribution in [0.3, 0.4) is 0 Å². The predicted octanol–water partition coefficient (Wildman–Crippen LogP) is 1.98. The molecule has 0 radical (unpaired) electrons. The fraction of sp³-hybridized carbons (Fsp3) is 0.125. The molecule has 0 saturated heterocycles. The summed E-state index contributed by atoms with van der Waals surface area (Å²) in [6, 6.07) is 4.95. The van der Waals surface area contributed by atoms with Crippen LogP contribution in [0.4, 0.5) is 0 Å². The van der Waals surface area contributed by atoms with Gasteiger partial charge in [0.1, 0.15) is 0 Å². The highest BCUT2D eigenvalue weighted by Gasteiger charge is 2.04. The van der Waals surface area contributed by atoms with E-state index in [0.29, 0.717) is 5.56 Å². The van der Waals surface area contributed by atoms with Crippen molar-refractivity contribution >= 4 is 18.6 Å². The van der Waals surface area contributed by atoms with Gasteiger partial charge in [-0.2, -0.15) is 0 Å². The van der Waals surface area contributed by atoms with Crippen LogP contribution < -0.4 is 0 Å². The zero-order chi connectivity index (χ0) is 8.43. The highest BCUT2D eigenvalue weighted by Crippen LogP contribution is 2.13. The number of benzene rings is 1. The summed E-state index contributed by atoms with van der Waals surface area (Å²) in [5.41, 5.74) is 1.08. The van der Waals surface area contributed by atoms with Crippen molar-refractivity contribution in [3.63, 3.8) is 0 Å². The zero-order valence-electron chi connectivity index (χ0n) is 6.03. The average Bonchev–Trinajstić information content (AvgIpc) is 1.85. The third-order valence-electron chi connectivity index (χ3n) is 1.44. The van der Waals surface area contributed by atoms with Gasteiger partial charge in [-0.25, -0.2) is 4.79 Å². The number of carboxylic acids is 1. The second-order valence-corrected chi connectivity index (χ2v) is 2.82. The Morgan fingerprint density at radius 1 is 1.55 bits per heavy atom. The molecule has 1 N–H and O–H groups in total. The minimum absolute atomic E-state index is 0.336. The van der Waals surface area contributed by atoms with E-state index in [0.717, 1.165) is 10.5 Å². The summed E-state index contributed by atoms with van der Waals surface area (Å²) < 4.78 is 0. The van der Waals surface area contributed by atoms with Gasteiger partial charge in [-0.05, 0) is 30.7 Å². The van der Waals surface area contributed by atoms with Crippen LogP contribution in [0.25, 0.3) is 0 Å². The van der Waals surface area contributed by atoms with E-state index in [9.17, 15) is 4.79 Å². The van der Waals surface area contributed by atoms with Crippen LogP contribution >= 0.6 is 12.6 Å². The molecule has 1 rings (SSSR count). The highest BCUT2D eigenvalue weighted by atomic mass is 32.1. The maximum atomic E-state index is 10.5. The van der Waals surface area contributed by atoms with Gasteiger partial charge >= 0.3 is 5.97 Å². The summed E-state index contributed by atoms with van der Waals surface area (Å²) in [6.45, 7) is 1.75. The number of carboxylic acid groups (broad SMARTS) is 1. The topological polar surface area (TPSA) is 37.3 Å². The number of thiol groups is 1. The molecule has 11 heavy (non-hydrogen) atoms. The van der Waals surface area contributed by atoms with Gasteiger partial charge in [0.2, 0.25) is 0 Å². The molecule has 0 aliphatic carbocycles. The van der Waals surface area contributed by atoms with Crippen molar-refractivity contribution < 1.29 is 9.90 Å². The van der Waals surface area contributed by atoms with Crippen molar-refractivity contribution in [2.45, 2.75) is 11.8 Å². The monoisotopic (exact) mass is 168 g/mol. The van der Waals surface area contributed by atoms with Crippen LogP contribution in [0, 0.1) is 6.92 Å². The van der Waals surface area contributed by atoms with E-state index in [4.69, 9.17) is 5.11 Å². The number of aromatic carboxylic acids is 1. The Labute approximate surface area is 70.3 Å². The van der Waals surface area contributed by atoms with Crippen LogP contribution in [-0.4, -0.2) is 11.1 Å². The Morgan fingerprint density at radius 3 is 2.64 bits per heavy atom. The number of rotatable bonds is 1. The molecule has 0 spiro atoms. The molecule has 0 aliphatic rings. The van der Waals surface area contributed by atoms with Gasteiger partial charge in [0.15, 0.2) is 0 Å². The number of carbonyl (C=O) groups is 1. The van der Waals surface area contributed by atoms with Crippen molar-refractivity contribution in [2.24, 2.45) is 0 Å². The molecule has 0 heterocycles. The fourth-order valence-electron chi connectivity index (χ4n) is 0.888. The summed E-state index contributed by atoms with van der Waals surface area (Å²) in [6.07, 6.45) is 0. The quantitative estimate of drug-likeness (QED) is 0.629. The lowest BCUT2D eigenvalue weighted by Crippen LogP contribution is -1.98. The Morgan fingerprint density at radius 2 is 2.18 bits per heavy atom. The summed E-state index contributed by atoms with van der Waals surface area (Å²) >= 11 is 4.08. The molecule has 3 heteroatoms.